The average Bonchev–Trinajstić information content (AvgIpc) is 2.84. The molecule has 1 atom stereocenters. The van der Waals surface area contributed by atoms with Crippen molar-refractivity contribution in [3.05, 3.63) is 64.7 Å². The number of aliphatic hydroxyl groups excluding tert-OH is 1. The number of ether oxygens (including phenoxy) is 1. The number of hydrogen-bond donors (Lipinski definition) is 3. The zero-order valence-electron chi connectivity index (χ0n) is 25.8. The molecule has 0 aliphatic carbocycles. The zero-order valence-corrected chi connectivity index (χ0v) is 25.8. The van der Waals surface area contributed by atoms with Gasteiger partial charge in [-0.25, -0.2) is 8.78 Å². The number of fused-ring (bicyclic) bond motifs is 1. The molecule has 1 unspecified atom stereocenters. The summed E-state index contributed by atoms with van der Waals surface area (Å²) in [6.45, 7) is 20.5. The van der Waals surface area contributed by atoms with E-state index < -0.39 is 11.6 Å². The van der Waals surface area contributed by atoms with Crippen LogP contribution in [-0.4, -0.2) is 44.7 Å². The Labute approximate surface area is 231 Å². The molecule has 220 valence electrons. The Bertz CT molecular complexity index is 820. The van der Waals surface area contributed by atoms with Crippen molar-refractivity contribution in [3.8, 4) is 0 Å². The van der Waals surface area contributed by atoms with Gasteiger partial charge in [-0.15, -0.1) is 0 Å². The summed E-state index contributed by atoms with van der Waals surface area (Å²) >= 11 is 0. The standard InChI is InChI=1S/C16H26N2.C7H6F2.C5H12O.C2H6.CH5NO/c1-5-13-6-7-16-14(10-13)15(8-9-18(16)4)17-11-12(2)3;1-5-2-6(8)4-7(9)3-5;1-5(2,3)6-4;1-2;2-1-3/h6-7,10,12,15,17H,5,8-9,11H2,1-4H3;2-4H,1H3;1-4H3;1-2H3;3H,1-2H2. The van der Waals surface area contributed by atoms with E-state index in [4.69, 9.17) is 9.84 Å². The summed E-state index contributed by atoms with van der Waals surface area (Å²) in [5.41, 5.74) is 9.39. The number of aryl methyl sites for hydroxylation is 2. The molecule has 2 aromatic carbocycles. The smallest absolute Gasteiger partial charge is 0.126 e. The summed E-state index contributed by atoms with van der Waals surface area (Å²) in [5.74, 6) is -0.331. The Morgan fingerprint density at radius 1 is 1.11 bits per heavy atom. The Morgan fingerprint density at radius 2 is 1.61 bits per heavy atom. The topological polar surface area (TPSA) is 70.8 Å². The summed E-state index contributed by atoms with van der Waals surface area (Å²) in [7, 11) is 3.91. The molecular weight excluding hydrogens is 484 g/mol. The summed E-state index contributed by atoms with van der Waals surface area (Å²) in [6, 6.07) is 10.9. The maximum Gasteiger partial charge on any atom is 0.126 e. The maximum atomic E-state index is 12.2. The van der Waals surface area contributed by atoms with Crippen molar-refractivity contribution < 1.29 is 18.6 Å². The van der Waals surface area contributed by atoms with Crippen LogP contribution < -0.4 is 16.0 Å². The minimum atomic E-state index is -0.521. The minimum Gasteiger partial charge on any atom is -0.382 e. The van der Waals surface area contributed by atoms with Crippen LogP contribution in [0.15, 0.2) is 36.4 Å². The van der Waals surface area contributed by atoms with Crippen LogP contribution in [0.5, 0.6) is 0 Å². The second kappa shape index (κ2) is 20.8. The fraction of sp³-hybridized carbons (Fsp3) is 0.613. The lowest BCUT2D eigenvalue weighted by atomic mass is 9.94. The molecule has 1 aliphatic rings. The fourth-order valence-corrected chi connectivity index (χ4v) is 3.33. The van der Waals surface area contributed by atoms with E-state index in [1.807, 2.05) is 34.6 Å². The van der Waals surface area contributed by atoms with E-state index in [9.17, 15) is 8.78 Å². The van der Waals surface area contributed by atoms with E-state index >= 15 is 0 Å². The number of hydrogen-bond acceptors (Lipinski definition) is 5. The highest BCUT2D eigenvalue weighted by Gasteiger charge is 2.23. The van der Waals surface area contributed by atoms with Crippen LogP contribution >= 0.6 is 0 Å². The average molecular weight is 540 g/mol. The van der Waals surface area contributed by atoms with Crippen molar-refractivity contribution in [1.29, 1.82) is 0 Å². The van der Waals surface area contributed by atoms with Crippen molar-refractivity contribution in [2.45, 2.75) is 86.8 Å². The van der Waals surface area contributed by atoms with Crippen LogP contribution in [0.25, 0.3) is 0 Å². The second-order valence-corrected chi connectivity index (χ2v) is 10.3. The molecule has 2 aromatic rings. The van der Waals surface area contributed by atoms with Crippen molar-refractivity contribution in [3.63, 3.8) is 0 Å². The van der Waals surface area contributed by atoms with Crippen LogP contribution in [0.4, 0.5) is 14.5 Å². The first kappa shape index (κ1) is 38.1. The molecule has 0 saturated heterocycles. The third kappa shape index (κ3) is 17.4. The lowest BCUT2D eigenvalue weighted by Crippen LogP contribution is -2.35. The summed E-state index contributed by atoms with van der Waals surface area (Å²) in [5, 5.41) is 11.1. The van der Waals surface area contributed by atoms with Gasteiger partial charge in [0.2, 0.25) is 0 Å². The molecule has 0 saturated carbocycles. The molecule has 0 bridgehead atoms. The Morgan fingerprint density at radius 3 is 2.00 bits per heavy atom. The van der Waals surface area contributed by atoms with Crippen LogP contribution in [-0.2, 0) is 11.2 Å². The second-order valence-electron chi connectivity index (χ2n) is 10.3. The number of aliphatic hydroxyl groups is 1. The Balaban J connectivity index is 0. The van der Waals surface area contributed by atoms with Gasteiger partial charge in [-0.05, 0) is 87.9 Å². The van der Waals surface area contributed by atoms with Crippen LogP contribution in [0.1, 0.15) is 84.5 Å². The third-order valence-corrected chi connectivity index (χ3v) is 5.43. The van der Waals surface area contributed by atoms with Gasteiger partial charge in [-0.1, -0.05) is 46.8 Å². The van der Waals surface area contributed by atoms with Crippen molar-refractivity contribution >= 4 is 5.69 Å². The van der Waals surface area contributed by atoms with Gasteiger partial charge in [0.05, 0.1) is 12.3 Å². The lowest BCUT2D eigenvalue weighted by molar-refractivity contribution is 0.0397. The van der Waals surface area contributed by atoms with Crippen LogP contribution in [0, 0.1) is 24.5 Å². The number of benzene rings is 2. The number of halogens is 2. The van der Waals surface area contributed by atoms with Crippen molar-refractivity contribution in [2.24, 2.45) is 11.7 Å². The number of nitrogens with one attached hydrogen (secondary N) is 1. The van der Waals surface area contributed by atoms with Gasteiger partial charge >= 0.3 is 0 Å². The maximum absolute atomic E-state index is 12.2. The van der Waals surface area contributed by atoms with E-state index in [1.165, 1.54) is 35.4 Å². The lowest BCUT2D eigenvalue weighted by Gasteiger charge is -2.34. The van der Waals surface area contributed by atoms with Gasteiger partial charge in [0.25, 0.3) is 0 Å². The zero-order chi connectivity index (χ0) is 29.9. The van der Waals surface area contributed by atoms with Crippen molar-refractivity contribution in [2.75, 3.05) is 38.9 Å². The first-order valence-electron chi connectivity index (χ1n) is 13.6. The van der Waals surface area contributed by atoms with E-state index in [1.54, 1.807) is 14.0 Å². The molecule has 3 rings (SSSR count). The van der Waals surface area contributed by atoms with Gasteiger partial charge in [0, 0.05) is 38.5 Å². The molecule has 0 amide bonds. The predicted molar refractivity (Wildman–Crippen MR) is 160 cm³/mol. The minimum absolute atomic E-state index is 0.0417. The molecule has 0 aromatic heterocycles. The molecule has 1 heterocycles. The molecular formula is C31H55F2N3O2. The van der Waals surface area contributed by atoms with Gasteiger partial charge in [-0.3, -0.25) is 0 Å². The number of anilines is 1. The highest BCUT2D eigenvalue weighted by atomic mass is 19.1. The molecule has 1 aliphatic heterocycles. The molecule has 4 N–H and O–H groups in total. The van der Waals surface area contributed by atoms with E-state index in [0.29, 0.717) is 17.5 Å². The molecule has 38 heavy (non-hydrogen) atoms. The highest BCUT2D eigenvalue weighted by molar-refractivity contribution is 5.57. The normalized spacial score (nSPS) is 13.9. The van der Waals surface area contributed by atoms with Crippen LogP contribution in [0.2, 0.25) is 0 Å². The van der Waals surface area contributed by atoms with Gasteiger partial charge < -0.3 is 25.8 Å². The Hall–Kier alpha value is -2.06. The van der Waals surface area contributed by atoms with Gasteiger partial charge in [-0.2, -0.15) is 0 Å². The van der Waals surface area contributed by atoms with Gasteiger partial charge in [0.15, 0.2) is 0 Å². The summed E-state index contributed by atoms with van der Waals surface area (Å²) in [4.78, 5) is 2.38. The monoisotopic (exact) mass is 539 g/mol. The summed E-state index contributed by atoms with van der Waals surface area (Å²) < 4.78 is 29.3. The number of rotatable bonds is 4. The van der Waals surface area contributed by atoms with E-state index in [-0.39, 0.29) is 12.3 Å². The molecule has 0 fully saturated rings. The first-order valence-corrected chi connectivity index (χ1v) is 13.6. The quantitative estimate of drug-likeness (QED) is 0.365. The predicted octanol–water partition coefficient (Wildman–Crippen LogP) is 7.00. The van der Waals surface area contributed by atoms with E-state index in [2.05, 4.69) is 62.0 Å². The number of nitrogens with two attached hydrogens (primary N) is 1. The largest absolute Gasteiger partial charge is 0.382 e. The SMILES string of the molecule is CC.CCc1ccc2c(c1)C(NCC(C)C)CCN2C.COC(C)(C)C.Cc1cc(F)cc(F)c1.NCO. The number of methoxy groups -OCH3 is 1. The van der Waals surface area contributed by atoms with E-state index in [0.717, 1.165) is 25.6 Å². The first-order chi connectivity index (χ1) is 17.8. The van der Waals surface area contributed by atoms with Crippen LogP contribution in [0.3, 0.4) is 0 Å². The molecule has 5 nitrogen and oxygen atoms in total. The van der Waals surface area contributed by atoms with Gasteiger partial charge in [0.1, 0.15) is 11.6 Å². The number of nitrogens with zero attached hydrogens (tertiary/aromatic N) is 1. The fourth-order valence-electron chi connectivity index (χ4n) is 3.33. The highest BCUT2D eigenvalue weighted by Crippen LogP contribution is 2.33. The summed E-state index contributed by atoms with van der Waals surface area (Å²) in [6.07, 6.45) is 2.33. The molecule has 0 spiro atoms. The molecule has 0 radical (unpaired) electrons. The van der Waals surface area contributed by atoms with Crippen molar-refractivity contribution in [1.82, 2.24) is 5.32 Å². The Kier molecular flexibility index (Phi) is 20.9. The molecule has 7 heteroatoms. The third-order valence-electron chi connectivity index (χ3n) is 5.43.